The number of carboxylic acids is 1. The van der Waals surface area contributed by atoms with Gasteiger partial charge in [0.1, 0.15) is 6.54 Å². The molecule has 5 heteroatoms. The Hall–Kier alpha value is -1.36. The Bertz CT molecular complexity index is 397. The second-order valence-electron chi connectivity index (χ2n) is 7.33. The van der Waals surface area contributed by atoms with Crippen LogP contribution in [-0.4, -0.2) is 41.5 Å². The lowest BCUT2D eigenvalue weighted by Gasteiger charge is -2.19. The fourth-order valence-corrected chi connectivity index (χ4v) is 3.12. The molecule has 0 saturated heterocycles. The lowest BCUT2D eigenvalue weighted by Crippen LogP contribution is -2.38. The summed E-state index contributed by atoms with van der Waals surface area (Å²) in [5.41, 5.74) is 5.44. The Morgan fingerprint density at radius 2 is 1.37 bits per heavy atom. The first-order valence-electron chi connectivity index (χ1n) is 11.0. The van der Waals surface area contributed by atoms with Gasteiger partial charge in [-0.15, -0.1) is 0 Å². The second kappa shape index (κ2) is 19.4. The molecule has 5 nitrogen and oxygen atoms in total. The topological polar surface area (TPSA) is 83.6 Å². The van der Waals surface area contributed by atoms with Crippen LogP contribution >= 0.6 is 0 Å². The fraction of sp³-hybridized carbons (Fsp3) is 0.818. The molecule has 0 atom stereocenters. The number of amides is 1. The summed E-state index contributed by atoms with van der Waals surface area (Å²) >= 11 is 0. The van der Waals surface area contributed by atoms with E-state index in [2.05, 4.69) is 19.1 Å². The summed E-state index contributed by atoms with van der Waals surface area (Å²) in [5, 5.41) is 8.82. The first kappa shape index (κ1) is 25.6. The summed E-state index contributed by atoms with van der Waals surface area (Å²) in [6.07, 6.45) is 20.9. The zero-order valence-corrected chi connectivity index (χ0v) is 17.5. The highest BCUT2D eigenvalue weighted by atomic mass is 16.4. The van der Waals surface area contributed by atoms with Gasteiger partial charge in [0.15, 0.2) is 0 Å². The van der Waals surface area contributed by atoms with Gasteiger partial charge in [0.25, 0.3) is 0 Å². The van der Waals surface area contributed by atoms with Crippen LogP contribution in [-0.2, 0) is 9.59 Å². The quantitative estimate of drug-likeness (QED) is 0.246. The van der Waals surface area contributed by atoms with Gasteiger partial charge in [-0.05, 0) is 32.1 Å². The summed E-state index contributed by atoms with van der Waals surface area (Å²) in [6.45, 7) is 2.62. The second-order valence-corrected chi connectivity index (χ2v) is 7.33. The SMILES string of the molecule is CCCCCCCC/C=C\CCCCCCCC(=O)N(CCN)CC(=O)O. The molecule has 0 aliphatic rings. The van der Waals surface area contributed by atoms with Gasteiger partial charge in [0.05, 0.1) is 0 Å². The van der Waals surface area contributed by atoms with Crippen molar-refractivity contribution in [2.24, 2.45) is 5.73 Å². The number of unbranched alkanes of at least 4 members (excludes halogenated alkanes) is 11. The summed E-state index contributed by atoms with van der Waals surface area (Å²) in [6, 6.07) is 0. The number of nitrogens with zero attached hydrogens (tertiary/aromatic N) is 1. The van der Waals surface area contributed by atoms with Crippen LogP contribution in [0.15, 0.2) is 12.2 Å². The molecule has 0 rings (SSSR count). The largest absolute Gasteiger partial charge is 0.480 e. The molecule has 0 radical (unpaired) electrons. The van der Waals surface area contributed by atoms with Gasteiger partial charge in [-0.25, -0.2) is 0 Å². The van der Waals surface area contributed by atoms with E-state index in [1.54, 1.807) is 0 Å². The van der Waals surface area contributed by atoms with Crippen molar-refractivity contribution in [1.29, 1.82) is 0 Å². The molecule has 0 heterocycles. The van der Waals surface area contributed by atoms with E-state index in [-0.39, 0.29) is 12.5 Å². The van der Waals surface area contributed by atoms with E-state index in [1.807, 2.05) is 0 Å². The molecule has 0 aromatic rings. The van der Waals surface area contributed by atoms with Crippen LogP contribution in [0.5, 0.6) is 0 Å². The molecule has 27 heavy (non-hydrogen) atoms. The van der Waals surface area contributed by atoms with Crippen molar-refractivity contribution in [3.05, 3.63) is 12.2 Å². The van der Waals surface area contributed by atoms with Crippen molar-refractivity contribution < 1.29 is 14.7 Å². The maximum absolute atomic E-state index is 12.0. The molecule has 0 aromatic carbocycles. The summed E-state index contributed by atoms with van der Waals surface area (Å²) in [5.74, 6) is -1.08. The van der Waals surface area contributed by atoms with E-state index in [0.29, 0.717) is 19.5 Å². The van der Waals surface area contributed by atoms with Crippen molar-refractivity contribution in [3.8, 4) is 0 Å². The molecule has 0 saturated carbocycles. The van der Waals surface area contributed by atoms with E-state index in [9.17, 15) is 9.59 Å². The highest BCUT2D eigenvalue weighted by Gasteiger charge is 2.15. The van der Waals surface area contributed by atoms with Crippen LogP contribution in [0.1, 0.15) is 96.8 Å². The normalized spacial score (nSPS) is 11.2. The average Bonchev–Trinajstić information content (AvgIpc) is 2.64. The van der Waals surface area contributed by atoms with E-state index >= 15 is 0 Å². The van der Waals surface area contributed by atoms with Crippen molar-refractivity contribution in [1.82, 2.24) is 4.90 Å². The predicted octanol–water partition coefficient (Wildman–Crippen LogP) is 4.90. The first-order valence-corrected chi connectivity index (χ1v) is 11.0. The maximum atomic E-state index is 12.0. The molecule has 0 spiro atoms. The molecule has 158 valence electrons. The van der Waals surface area contributed by atoms with Crippen molar-refractivity contribution in [3.63, 3.8) is 0 Å². The number of hydrogen-bond donors (Lipinski definition) is 2. The Labute approximate surface area is 166 Å². The van der Waals surface area contributed by atoms with E-state index in [0.717, 1.165) is 25.7 Å². The maximum Gasteiger partial charge on any atom is 0.323 e. The lowest BCUT2D eigenvalue weighted by atomic mass is 10.1. The molecular formula is C22H42N2O3. The van der Waals surface area contributed by atoms with Gasteiger partial charge in [-0.3, -0.25) is 9.59 Å². The summed E-state index contributed by atoms with van der Waals surface area (Å²) in [7, 11) is 0. The van der Waals surface area contributed by atoms with Gasteiger partial charge < -0.3 is 15.7 Å². The zero-order chi connectivity index (χ0) is 20.2. The Morgan fingerprint density at radius 3 is 1.89 bits per heavy atom. The van der Waals surface area contributed by atoms with E-state index < -0.39 is 5.97 Å². The van der Waals surface area contributed by atoms with E-state index in [4.69, 9.17) is 10.8 Å². The third-order valence-electron chi connectivity index (χ3n) is 4.73. The lowest BCUT2D eigenvalue weighted by molar-refractivity contribution is -0.144. The highest BCUT2D eigenvalue weighted by molar-refractivity contribution is 5.81. The third-order valence-corrected chi connectivity index (χ3v) is 4.73. The minimum absolute atomic E-state index is 0.0968. The van der Waals surface area contributed by atoms with Crippen LogP contribution in [0.4, 0.5) is 0 Å². The van der Waals surface area contributed by atoms with Crippen LogP contribution in [0, 0.1) is 0 Å². The molecule has 0 unspecified atom stereocenters. The molecule has 0 aliphatic heterocycles. The molecule has 0 fully saturated rings. The van der Waals surface area contributed by atoms with Crippen LogP contribution in [0.2, 0.25) is 0 Å². The van der Waals surface area contributed by atoms with Crippen LogP contribution in [0.25, 0.3) is 0 Å². The Morgan fingerprint density at radius 1 is 0.852 bits per heavy atom. The standard InChI is InChI=1S/C22H42N2O3/c1-2-3-4-5-6-7-8-9-10-11-12-13-14-15-16-17-21(25)24(19-18-23)20-22(26)27/h9-10H,2-8,11-20,23H2,1H3,(H,26,27)/b10-9-. The number of nitrogens with two attached hydrogens (primary N) is 1. The number of carbonyl (C=O) groups excluding carboxylic acids is 1. The molecule has 1 amide bonds. The molecule has 3 N–H and O–H groups in total. The number of rotatable bonds is 19. The number of carbonyl (C=O) groups is 2. The van der Waals surface area contributed by atoms with Crippen molar-refractivity contribution in [2.45, 2.75) is 96.8 Å². The van der Waals surface area contributed by atoms with Crippen molar-refractivity contribution >= 4 is 11.9 Å². The van der Waals surface area contributed by atoms with Gasteiger partial charge in [0, 0.05) is 19.5 Å². The minimum Gasteiger partial charge on any atom is -0.480 e. The molecule has 0 aromatic heterocycles. The minimum atomic E-state index is -0.985. The van der Waals surface area contributed by atoms with Crippen LogP contribution in [0.3, 0.4) is 0 Å². The molecule has 0 aliphatic carbocycles. The number of aliphatic carboxylic acids is 1. The smallest absolute Gasteiger partial charge is 0.323 e. The number of carboxylic acid groups (broad SMARTS) is 1. The highest BCUT2D eigenvalue weighted by Crippen LogP contribution is 2.10. The first-order chi connectivity index (χ1) is 13.1. The van der Waals surface area contributed by atoms with Crippen LogP contribution < -0.4 is 5.73 Å². The monoisotopic (exact) mass is 382 g/mol. The number of allylic oxidation sites excluding steroid dienone is 2. The Balaban J connectivity index is 3.49. The van der Waals surface area contributed by atoms with Gasteiger partial charge in [-0.1, -0.05) is 70.4 Å². The molecular weight excluding hydrogens is 340 g/mol. The fourth-order valence-electron chi connectivity index (χ4n) is 3.12. The van der Waals surface area contributed by atoms with Gasteiger partial charge in [-0.2, -0.15) is 0 Å². The predicted molar refractivity (Wildman–Crippen MR) is 113 cm³/mol. The third kappa shape index (κ3) is 17.8. The van der Waals surface area contributed by atoms with Gasteiger partial charge >= 0.3 is 5.97 Å². The van der Waals surface area contributed by atoms with Crippen molar-refractivity contribution in [2.75, 3.05) is 19.6 Å². The van der Waals surface area contributed by atoms with E-state index in [1.165, 1.54) is 62.7 Å². The zero-order valence-electron chi connectivity index (χ0n) is 17.5. The molecule has 0 bridgehead atoms. The summed E-state index contributed by atoms with van der Waals surface area (Å²) in [4.78, 5) is 24.1. The summed E-state index contributed by atoms with van der Waals surface area (Å²) < 4.78 is 0. The number of hydrogen-bond acceptors (Lipinski definition) is 3. The van der Waals surface area contributed by atoms with Gasteiger partial charge in [0.2, 0.25) is 5.91 Å². The average molecular weight is 383 g/mol. The Kier molecular flexibility index (Phi) is 18.4.